The molecule has 0 radical (unpaired) electrons. The molecule has 0 spiro atoms. The first kappa shape index (κ1) is 13.1. The minimum atomic E-state index is -4.36. The zero-order valence-electron chi connectivity index (χ0n) is 9.78. The van der Waals surface area contributed by atoms with Gasteiger partial charge in [0.25, 0.3) is 0 Å². The Morgan fingerprint density at radius 2 is 1.83 bits per heavy atom. The number of halogens is 3. The van der Waals surface area contributed by atoms with Gasteiger partial charge in [-0.25, -0.2) is 4.98 Å². The maximum atomic E-state index is 12.3. The molecule has 0 amide bonds. The van der Waals surface area contributed by atoms with Crippen molar-refractivity contribution in [1.29, 1.82) is 0 Å². The Labute approximate surface area is 103 Å². The van der Waals surface area contributed by atoms with E-state index in [4.69, 9.17) is 10.5 Å². The lowest BCUT2D eigenvalue weighted by Crippen LogP contribution is -2.31. The summed E-state index contributed by atoms with van der Waals surface area (Å²) in [6.45, 7) is 0. The highest BCUT2D eigenvalue weighted by atomic mass is 19.4. The third kappa shape index (κ3) is 3.35. The summed E-state index contributed by atoms with van der Waals surface area (Å²) in [5.41, 5.74) is 5.00. The topological polar surface area (TPSA) is 48.1 Å². The molecule has 0 unspecified atom stereocenters. The van der Waals surface area contributed by atoms with Gasteiger partial charge in [-0.2, -0.15) is 13.2 Å². The normalized spacial score (nSPS) is 24.9. The van der Waals surface area contributed by atoms with Crippen LogP contribution in [0.3, 0.4) is 0 Å². The summed E-state index contributed by atoms with van der Waals surface area (Å²) < 4.78 is 42.5. The van der Waals surface area contributed by atoms with Crippen LogP contribution in [-0.4, -0.2) is 17.1 Å². The van der Waals surface area contributed by atoms with E-state index in [1.807, 2.05) is 0 Å². The van der Waals surface area contributed by atoms with Crippen molar-refractivity contribution in [3.63, 3.8) is 0 Å². The molecule has 1 saturated carbocycles. The molecule has 1 aliphatic rings. The van der Waals surface area contributed by atoms with Crippen molar-refractivity contribution in [3.05, 3.63) is 23.9 Å². The Morgan fingerprint density at radius 3 is 2.33 bits per heavy atom. The highest BCUT2D eigenvalue weighted by molar-refractivity contribution is 5.20. The number of nitrogens with zero attached hydrogens (tertiary/aromatic N) is 1. The van der Waals surface area contributed by atoms with Crippen LogP contribution in [0.2, 0.25) is 0 Å². The van der Waals surface area contributed by atoms with Crippen molar-refractivity contribution in [2.24, 2.45) is 5.73 Å². The van der Waals surface area contributed by atoms with Gasteiger partial charge in [0.15, 0.2) is 0 Å². The van der Waals surface area contributed by atoms with Crippen LogP contribution < -0.4 is 10.5 Å². The van der Waals surface area contributed by atoms with Gasteiger partial charge in [0, 0.05) is 18.3 Å². The molecule has 18 heavy (non-hydrogen) atoms. The minimum Gasteiger partial charge on any atom is -0.474 e. The molecular formula is C12H15F3N2O. The van der Waals surface area contributed by atoms with Crippen molar-refractivity contribution in [3.8, 4) is 5.88 Å². The van der Waals surface area contributed by atoms with Crippen molar-refractivity contribution in [2.75, 3.05) is 0 Å². The van der Waals surface area contributed by atoms with Gasteiger partial charge in [0.05, 0.1) is 5.56 Å². The molecule has 0 saturated heterocycles. The van der Waals surface area contributed by atoms with Gasteiger partial charge in [-0.1, -0.05) is 0 Å². The Balaban J connectivity index is 1.94. The number of alkyl halides is 3. The van der Waals surface area contributed by atoms with E-state index in [-0.39, 0.29) is 18.0 Å². The second-order valence-corrected chi connectivity index (χ2v) is 4.54. The number of hydrogen-bond donors (Lipinski definition) is 1. The SMILES string of the molecule is N[C@H]1CC[C@H](Oc2ccc(C(F)(F)F)cn2)CC1. The number of hydrogen-bond acceptors (Lipinski definition) is 3. The largest absolute Gasteiger partial charge is 0.474 e. The van der Waals surface area contributed by atoms with Crippen LogP contribution in [-0.2, 0) is 6.18 Å². The lowest BCUT2D eigenvalue weighted by molar-refractivity contribution is -0.137. The standard InChI is InChI=1S/C12H15F3N2O/c13-12(14,15)8-1-6-11(17-7-8)18-10-4-2-9(16)3-5-10/h1,6-7,9-10H,2-5,16H2/t9-,10-. The lowest BCUT2D eigenvalue weighted by Gasteiger charge is -2.26. The maximum Gasteiger partial charge on any atom is 0.417 e. The van der Waals surface area contributed by atoms with Crippen LogP contribution in [0, 0.1) is 0 Å². The summed E-state index contributed by atoms with van der Waals surface area (Å²) in [6.07, 6.45) is -0.147. The average molecular weight is 260 g/mol. The predicted molar refractivity (Wildman–Crippen MR) is 60.1 cm³/mol. The molecule has 2 rings (SSSR count). The summed E-state index contributed by atoms with van der Waals surface area (Å²) >= 11 is 0. The van der Waals surface area contributed by atoms with Gasteiger partial charge in [-0.05, 0) is 31.7 Å². The number of rotatable bonds is 2. The van der Waals surface area contributed by atoms with Crippen LogP contribution in [0.1, 0.15) is 31.2 Å². The number of pyridine rings is 1. The number of ether oxygens (including phenoxy) is 1. The van der Waals surface area contributed by atoms with E-state index >= 15 is 0 Å². The molecule has 0 aromatic carbocycles. The molecule has 1 aliphatic carbocycles. The fourth-order valence-electron chi connectivity index (χ4n) is 1.99. The molecule has 3 nitrogen and oxygen atoms in total. The number of aromatic nitrogens is 1. The monoisotopic (exact) mass is 260 g/mol. The van der Waals surface area contributed by atoms with Gasteiger partial charge < -0.3 is 10.5 Å². The fraction of sp³-hybridized carbons (Fsp3) is 0.583. The Hall–Kier alpha value is -1.30. The zero-order chi connectivity index (χ0) is 13.2. The first-order valence-corrected chi connectivity index (χ1v) is 5.90. The van der Waals surface area contributed by atoms with Gasteiger partial charge >= 0.3 is 6.18 Å². The fourth-order valence-corrected chi connectivity index (χ4v) is 1.99. The van der Waals surface area contributed by atoms with E-state index in [0.29, 0.717) is 0 Å². The van der Waals surface area contributed by atoms with Crippen molar-refractivity contribution < 1.29 is 17.9 Å². The molecule has 1 aromatic rings. The van der Waals surface area contributed by atoms with E-state index in [9.17, 15) is 13.2 Å². The van der Waals surface area contributed by atoms with Gasteiger partial charge in [-0.15, -0.1) is 0 Å². The van der Waals surface area contributed by atoms with E-state index in [0.717, 1.165) is 37.9 Å². The first-order chi connectivity index (χ1) is 8.45. The quantitative estimate of drug-likeness (QED) is 0.889. The molecule has 100 valence electrons. The van der Waals surface area contributed by atoms with E-state index in [2.05, 4.69) is 4.98 Å². The molecule has 0 bridgehead atoms. The van der Waals surface area contributed by atoms with E-state index < -0.39 is 11.7 Å². The van der Waals surface area contributed by atoms with Crippen molar-refractivity contribution >= 4 is 0 Å². The Morgan fingerprint density at radius 1 is 1.17 bits per heavy atom. The highest BCUT2D eigenvalue weighted by Crippen LogP contribution is 2.29. The smallest absolute Gasteiger partial charge is 0.417 e. The highest BCUT2D eigenvalue weighted by Gasteiger charge is 2.31. The second-order valence-electron chi connectivity index (χ2n) is 4.54. The zero-order valence-corrected chi connectivity index (χ0v) is 9.78. The average Bonchev–Trinajstić information content (AvgIpc) is 2.32. The first-order valence-electron chi connectivity index (χ1n) is 5.90. The Kier molecular flexibility index (Phi) is 3.75. The van der Waals surface area contributed by atoms with Crippen LogP contribution in [0.5, 0.6) is 5.88 Å². The lowest BCUT2D eigenvalue weighted by atomic mass is 9.94. The van der Waals surface area contributed by atoms with Crippen LogP contribution in [0.4, 0.5) is 13.2 Å². The van der Waals surface area contributed by atoms with Crippen LogP contribution in [0.15, 0.2) is 18.3 Å². The maximum absolute atomic E-state index is 12.3. The molecule has 0 atom stereocenters. The molecular weight excluding hydrogens is 245 g/mol. The molecule has 2 N–H and O–H groups in total. The molecule has 6 heteroatoms. The number of nitrogens with two attached hydrogens (primary N) is 1. The summed E-state index contributed by atoms with van der Waals surface area (Å²) in [7, 11) is 0. The van der Waals surface area contributed by atoms with Crippen LogP contribution in [0.25, 0.3) is 0 Å². The Bertz CT molecular complexity index is 383. The minimum absolute atomic E-state index is 0.00837. The summed E-state index contributed by atoms with van der Waals surface area (Å²) in [5.74, 6) is 0.239. The van der Waals surface area contributed by atoms with E-state index in [1.54, 1.807) is 0 Å². The molecule has 0 aliphatic heterocycles. The van der Waals surface area contributed by atoms with Crippen LogP contribution >= 0.6 is 0 Å². The second kappa shape index (κ2) is 5.14. The van der Waals surface area contributed by atoms with Crippen molar-refractivity contribution in [2.45, 2.75) is 44.0 Å². The van der Waals surface area contributed by atoms with Gasteiger partial charge in [0.2, 0.25) is 5.88 Å². The summed E-state index contributed by atoms with van der Waals surface area (Å²) in [4.78, 5) is 3.68. The third-order valence-electron chi connectivity index (χ3n) is 3.07. The van der Waals surface area contributed by atoms with Crippen molar-refractivity contribution in [1.82, 2.24) is 4.98 Å². The van der Waals surface area contributed by atoms with Gasteiger partial charge in [-0.3, -0.25) is 0 Å². The molecule has 1 heterocycles. The van der Waals surface area contributed by atoms with Gasteiger partial charge in [0.1, 0.15) is 6.10 Å². The summed E-state index contributed by atoms with van der Waals surface area (Å²) in [6, 6.07) is 2.46. The molecule has 1 fully saturated rings. The van der Waals surface area contributed by atoms with E-state index in [1.165, 1.54) is 6.07 Å². The predicted octanol–water partition coefficient (Wildman–Crippen LogP) is 2.75. The molecule has 1 aromatic heterocycles. The summed E-state index contributed by atoms with van der Waals surface area (Å²) in [5, 5.41) is 0. The third-order valence-corrected chi connectivity index (χ3v) is 3.07.